The van der Waals surface area contributed by atoms with Gasteiger partial charge in [-0.1, -0.05) is 32.9 Å². The highest BCUT2D eigenvalue weighted by Crippen LogP contribution is 2.20. The van der Waals surface area contributed by atoms with Crippen molar-refractivity contribution in [1.29, 1.82) is 0 Å². The number of nitrogens with two attached hydrogens (primary N) is 1. The number of rotatable bonds is 5. The van der Waals surface area contributed by atoms with Gasteiger partial charge in [-0.05, 0) is 36.2 Å². The first-order valence-electron chi connectivity index (χ1n) is 8.23. The highest BCUT2D eigenvalue weighted by molar-refractivity contribution is 7.89. The number of aromatic nitrogens is 4. The van der Waals surface area contributed by atoms with Gasteiger partial charge in [-0.2, -0.15) is 4.52 Å². The zero-order valence-corrected chi connectivity index (χ0v) is 15.8. The van der Waals surface area contributed by atoms with Gasteiger partial charge in [0.15, 0.2) is 11.5 Å². The first-order valence-corrected chi connectivity index (χ1v) is 9.78. The van der Waals surface area contributed by atoms with Crippen LogP contribution in [-0.4, -0.2) is 34.8 Å². The van der Waals surface area contributed by atoms with Gasteiger partial charge in [0.25, 0.3) is 0 Å². The second-order valence-corrected chi connectivity index (χ2v) is 8.69. The fraction of sp³-hybridized carbons (Fsp3) is 0.353. The summed E-state index contributed by atoms with van der Waals surface area (Å²) in [6.45, 7) is 6.85. The van der Waals surface area contributed by atoms with Crippen molar-refractivity contribution in [3.8, 4) is 0 Å². The van der Waals surface area contributed by atoms with Crippen molar-refractivity contribution in [1.82, 2.24) is 19.8 Å². The van der Waals surface area contributed by atoms with Crippen LogP contribution in [0.15, 0.2) is 41.3 Å². The van der Waals surface area contributed by atoms with Gasteiger partial charge in [-0.3, -0.25) is 0 Å². The van der Waals surface area contributed by atoms with Crippen LogP contribution >= 0.6 is 0 Å². The van der Waals surface area contributed by atoms with Gasteiger partial charge in [-0.15, -0.1) is 15.3 Å². The molecule has 0 aliphatic rings. The van der Waals surface area contributed by atoms with Gasteiger partial charge in [0.05, 0.1) is 4.90 Å². The van der Waals surface area contributed by atoms with Gasteiger partial charge >= 0.3 is 0 Å². The molecule has 0 atom stereocenters. The van der Waals surface area contributed by atoms with E-state index < -0.39 is 10.0 Å². The monoisotopic (exact) mass is 374 g/mol. The molecule has 0 fully saturated rings. The molecule has 3 aromatic rings. The number of anilines is 1. The molecule has 0 aliphatic heterocycles. The Morgan fingerprint density at radius 1 is 1.08 bits per heavy atom. The average Bonchev–Trinajstić information content (AvgIpc) is 2.98. The molecule has 26 heavy (non-hydrogen) atoms. The van der Waals surface area contributed by atoms with Gasteiger partial charge in [0.2, 0.25) is 10.0 Å². The molecule has 0 saturated heterocycles. The Bertz CT molecular complexity index is 1020. The molecule has 2 aromatic heterocycles. The third-order valence-electron chi connectivity index (χ3n) is 3.91. The second kappa shape index (κ2) is 6.65. The predicted molar refractivity (Wildman–Crippen MR) is 99.5 cm³/mol. The molecule has 0 saturated carbocycles. The third-order valence-corrected chi connectivity index (χ3v) is 4.83. The van der Waals surface area contributed by atoms with Gasteiger partial charge in [0.1, 0.15) is 5.82 Å². The summed E-state index contributed by atoms with van der Waals surface area (Å²) in [5.41, 5.74) is 1.56. The van der Waals surface area contributed by atoms with Crippen molar-refractivity contribution in [2.75, 3.05) is 11.9 Å². The molecule has 8 nitrogen and oxygen atoms in total. The van der Waals surface area contributed by atoms with E-state index in [0.29, 0.717) is 12.2 Å². The molecule has 0 aliphatic carbocycles. The molecule has 0 amide bonds. The second-order valence-electron chi connectivity index (χ2n) is 7.13. The highest BCUT2D eigenvalue weighted by atomic mass is 32.2. The van der Waals surface area contributed by atoms with Crippen LogP contribution in [-0.2, 0) is 21.9 Å². The van der Waals surface area contributed by atoms with Crippen molar-refractivity contribution in [3.05, 3.63) is 47.8 Å². The fourth-order valence-corrected chi connectivity index (χ4v) is 3.05. The first kappa shape index (κ1) is 18.3. The number of nitrogens with zero attached hydrogens (tertiary/aromatic N) is 4. The largest absolute Gasteiger partial charge is 0.368 e. The van der Waals surface area contributed by atoms with Gasteiger partial charge in [-0.25, -0.2) is 13.6 Å². The van der Waals surface area contributed by atoms with Crippen molar-refractivity contribution >= 4 is 21.5 Å². The molecule has 0 radical (unpaired) electrons. The Hall–Kier alpha value is -2.52. The van der Waals surface area contributed by atoms with E-state index in [0.717, 1.165) is 23.6 Å². The molecule has 1 aromatic carbocycles. The maximum atomic E-state index is 11.3. The zero-order chi connectivity index (χ0) is 18.9. The predicted octanol–water partition coefficient (Wildman–Crippen LogP) is 1.72. The van der Waals surface area contributed by atoms with E-state index in [2.05, 4.69) is 41.4 Å². The summed E-state index contributed by atoms with van der Waals surface area (Å²) in [4.78, 5) is 0.114. The van der Waals surface area contributed by atoms with Crippen LogP contribution < -0.4 is 10.5 Å². The Morgan fingerprint density at radius 3 is 2.38 bits per heavy atom. The topological polar surface area (TPSA) is 115 Å². The normalized spacial score (nSPS) is 12.5. The zero-order valence-electron chi connectivity index (χ0n) is 15.0. The summed E-state index contributed by atoms with van der Waals surface area (Å²) >= 11 is 0. The lowest BCUT2D eigenvalue weighted by molar-refractivity contribution is 0.527. The van der Waals surface area contributed by atoms with Crippen LogP contribution in [0.4, 0.5) is 5.82 Å². The standard InChI is InChI=1S/C17H22N6O2S/c1-17(2,3)16-21-20-15-9-8-14(22-23(15)16)19-11-10-12-4-6-13(7-5-12)26(18,24)25/h4-9H,10-11H2,1-3H3,(H,19,22)(H2,18,24,25). The van der Waals surface area contributed by atoms with Crippen LogP contribution in [0, 0.1) is 0 Å². The molecule has 9 heteroatoms. The average molecular weight is 374 g/mol. The van der Waals surface area contributed by atoms with E-state index in [1.165, 1.54) is 12.1 Å². The number of nitrogens with one attached hydrogen (secondary N) is 1. The summed E-state index contributed by atoms with van der Waals surface area (Å²) < 4.78 is 24.3. The summed E-state index contributed by atoms with van der Waals surface area (Å²) in [6, 6.07) is 10.3. The maximum Gasteiger partial charge on any atom is 0.238 e. The van der Waals surface area contributed by atoms with Gasteiger partial charge in [0, 0.05) is 12.0 Å². The molecule has 0 bridgehead atoms. The highest BCUT2D eigenvalue weighted by Gasteiger charge is 2.21. The van der Waals surface area contributed by atoms with Crippen molar-refractivity contribution in [2.45, 2.75) is 37.5 Å². The first-order chi connectivity index (χ1) is 12.1. The van der Waals surface area contributed by atoms with Crippen molar-refractivity contribution < 1.29 is 8.42 Å². The SMILES string of the molecule is CC(C)(C)c1nnc2ccc(NCCc3ccc(S(N)(=O)=O)cc3)nn12. The van der Waals surface area contributed by atoms with Crippen LogP contribution in [0.3, 0.4) is 0 Å². The van der Waals surface area contributed by atoms with E-state index in [4.69, 9.17) is 5.14 Å². The van der Waals surface area contributed by atoms with Crippen LogP contribution in [0.5, 0.6) is 0 Å². The number of hydrogen-bond acceptors (Lipinski definition) is 6. The van der Waals surface area contributed by atoms with E-state index >= 15 is 0 Å². The van der Waals surface area contributed by atoms with E-state index in [-0.39, 0.29) is 10.3 Å². The smallest absolute Gasteiger partial charge is 0.238 e. The Kier molecular flexibility index (Phi) is 4.68. The molecule has 2 heterocycles. The summed E-state index contributed by atoms with van der Waals surface area (Å²) in [5, 5.41) is 21.3. The molecular formula is C17H22N6O2S. The van der Waals surface area contributed by atoms with E-state index in [9.17, 15) is 8.42 Å². The summed E-state index contributed by atoms with van der Waals surface area (Å²) in [7, 11) is -3.65. The van der Waals surface area contributed by atoms with Crippen molar-refractivity contribution in [3.63, 3.8) is 0 Å². The molecule has 0 unspecified atom stereocenters. The Balaban J connectivity index is 1.68. The molecular weight excluding hydrogens is 352 g/mol. The number of hydrogen-bond donors (Lipinski definition) is 2. The lowest BCUT2D eigenvalue weighted by Gasteiger charge is -2.15. The van der Waals surface area contributed by atoms with Crippen LogP contribution in [0.2, 0.25) is 0 Å². The molecule has 3 rings (SSSR count). The maximum absolute atomic E-state index is 11.3. The molecule has 138 valence electrons. The third kappa shape index (κ3) is 4.00. The van der Waals surface area contributed by atoms with E-state index in [1.807, 2.05) is 12.1 Å². The minimum atomic E-state index is -3.65. The fourth-order valence-electron chi connectivity index (χ4n) is 2.53. The Labute approximate surface area is 152 Å². The molecule has 0 spiro atoms. The lowest BCUT2D eigenvalue weighted by atomic mass is 9.96. The summed E-state index contributed by atoms with van der Waals surface area (Å²) in [6.07, 6.45) is 0.721. The lowest BCUT2D eigenvalue weighted by Crippen LogP contribution is -2.18. The van der Waals surface area contributed by atoms with Crippen LogP contribution in [0.1, 0.15) is 32.2 Å². The van der Waals surface area contributed by atoms with Crippen molar-refractivity contribution in [2.24, 2.45) is 5.14 Å². The Morgan fingerprint density at radius 2 is 1.77 bits per heavy atom. The van der Waals surface area contributed by atoms with E-state index in [1.54, 1.807) is 16.6 Å². The quantitative estimate of drug-likeness (QED) is 0.703. The number of sulfonamides is 1. The summed E-state index contributed by atoms with van der Waals surface area (Å²) in [5.74, 6) is 1.53. The number of benzene rings is 1. The minimum Gasteiger partial charge on any atom is -0.368 e. The van der Waals surface area contributed by atoms with Crippen LogP contribution in [0.25, 0.3) is 5.65 Å². The number of primary sulfonamides is 1. The van der Waals surface area contributed by atoms with Gasteiger partial charge < -0.3 is 5.32 Å². The number of fused-ring (bicyclic) bond motifs is 1. The minimum absolute atomic E-state index is 0.114. The molecule has 3 N–H and O–H groups in total.